The van der Waals surface area contributed by atoms with Crippen molar-refractivity contribution in [2.75, 3.05) is 11.4 Å². The van der Waals surface area contributed by atoms with Gasteiger partial charge < -0.3 is 10.0 Å². The molecule has 3 rings (SSSR count). The first kappa shape index (κ1) is 13.3. The molecular weight excluding hydrogens is 274 g/mol. The fourth-order valence-corrected chi connectivity index (χ4v) is 3.86. The van der Waals surface area contributed by atoms with Gasteiger partial charge in [-0.1, -0.05) is 0 Å². The van der Waals surface area contributed by atoms with E-state index in [1.54, 1.807) is 17.7 Å². The van der Waals surface area contributed by atoms with E-state index in [9.17, 15) is 4.79 Å². The lowest BCUT2D eigenvalue weighted by molar-refractivity contribution is -0.137. The van der Waals surface area contributed by atoms with Crippen molar-refractivity contribution in [1.29, 1.82) is 0 Å². The van der Waals surface area contributed by atoms with Crippen molar-refractivity contribution in [3.8, 4) is 0 Å². The summed E-state index contributed by atoms with van der Waals surface area (Å²) >= 11 is 1.64. The van der Waals surface area contributed by atoms with Crippen molar-refractivity contribution in [3.05, 3.63) is 17.3 Å². The first-order valence-electron chi connectivity index (χ1n) is 6.84. The predicted octanol–water partition coefficient (Wildman–Crippen LogP) is 2.83. The van der Waals surface area contributed by atoms with Crippen molar-refractivity contribution in [1.82, 2.24) is 9.97 Å². The molecule has 0 bridgehead atoms. The van der Waals surface area contributed by atoms with E-state index in [4.69, 9.17) is 5.11 Å². The fraction of sp³-hybridized carbons (Fsp3) is 0.500. The monoisotopic (exact) mass is 291 g/mol. The number of hydrogen-bond donors (Lipinski definition) is 1. The molecule has 0 saturated carbocycles. The SMILES string of the molecule is Cc1csc2c(N3CCCCC3CC(=O)O)ncnc12. The molecule has 1 aliphatic heterocycles. The van der Waals surface area contributed by atoms with Gasteiger partial charge in [-0.2, -0.15) is 0 Å². The molecule has 6 heteroatoms. The standard InChI is InChI=1S/C14H17N3O2S/c1-9-7-20-13-12(9)15-8-16-14(13)17-5-3-2-4-10(17)6-11(18)19/h7-8,10H,2-6H2,1H3,(H,18,19). The molecule has 2 aromatic rings. The smallest absolute Gasteiger partial charge is 0.305 e. The van der Waals surface area contributed by atoms with Crippen LogP contribution in [-0.4, -0.2) is 33.6 Å². The van der Waals surface area contributed by atoms with E-state index < -0.39 is 5.97 Å². The minimum Gasteiger partial charge on any atom is -0.481 e. The fourth-order valence-electron chi connectivity index (χ4n) is 2.85. The highest BCUT2D eigenvalue weighted by molar-refractivity contribution is 7.18. The van der Waals surface area contributed by atoms with Crippen LogP contribution in [0.4, 0.5) is 5.82 Å². The number of thiophene rings is 1. The first-order valence-corrected chi connectivity index (χ1v) is 7.72. The number of carboxylic acids is 1. The number of carbonyl (C=O) groups is 1. The molecule has 106 valence electrons. The maximum absolute atomic E-state index is 11.1. The second-order valence-electron chi connectivity index (χ2n) is 5.23. The molecule has 2 aromatic heterocycles. The number of piperidine rings is 1. The molecule has 0 radical (unpaired) electrons. The third kappa shape index (κ3) is 2.35. The van der Waals surface area contributed by atoms with Gasteiger partial charge in [0.2, 0.25) is 0 Å². The topological polar surface area (TPSA) is 66.3 Å². The highest BCUT2D eigenvalue weighted by Gasteiger charge is 2.27. The summed E-state index contributed by atoms with van der Waals surface area (Å²) in [5, 5.41) is 11.2. The van der Waals surface area contributed by atoms with Crippen molar-refractivity contribution < 1.29 is 9.90 Å². The molecule has 0 aliphatic carbocycles. The molecule has 0 amide bonds. The maximum Gasteiger partial charge on any atom is 0.305 e. The normalized spacial score (nSPS) is 19.4. The summed E-state index contributed by atoms with van der Waals surface area (Å²) in [6, 6.07) is 0.0433. The third-order valence-electron chi connectivity index (χ3n) is 3.82. The van der Waals surface area contributed by atoms with Crippen LogP contribution in [0.2, 0.25) is 0 Å². The Labute approximate surface area is 121 Å². The summed E-state index contributed by atoms with van der Waals surface area (Å²) in [5.74, 6) is 0.161. The summed E-state index contributed by atoms with van der Waals surface area (Å²) < 4.78 is 1.07. The predicted molar refractivity (Wildman–Crippen MR) is 79.4 cm³/mol. The molecule has 1 aliphatic rings. The van der Waals surface area contributed by atoms with Gasteiger partial charge in [-0.25, -0.2) is 9.97 Å². The number of hydrogen-bond acceptors (Lipinski definition) is 5. The summed E-state index contributed by atoms with van der Waals surface area (Å²) in [7, 11) is 0. The average molecular weight is 291 g/mol. The Hall–Kier alpha value is -1.69. The first-order chi connectivity index (χ1) is 9.66. The lowest BCUT2D eigenvalue weighted by Crippen LogP contribution is -2.41. The number of aromatic nitrogens is 2. The molecule has 1 atom stereocenters. The van der Waals surface area contributed by atoms with Crippen molar-refractivity contribution >= 4 is 33.3 Å². The Kier molecular flexibility index (Phi) is 3.56. The summed E-state index contributed by atoms with van der Waals surface area (Å²) in [4.78, 5) is 22.0. The summed E-state index contributed by atoms with van der Waals surface area (Å²) in [6.45, 7) is 2.92. The maximum atomic E-state index is 11.1. The second-order valence-corrected chi connectivity index (χ2v) is 6.11. The largest absolute Gasteiger partial charge is 0.481 e. The van der Waals surface area contributed by atoms with E-state index in [2.05, 4.69) is 20.2 Å². The van der Waals surface area contributed by atoms with Gasteiger partial charge in [0, 0.05) is 12.6 Å². The van der Waals surface area contributed by atoms with Crippen LogP contribution in [0.15, 0.2) is 11.7 Å². The minimum atomic E-state index is -0.741. The number of carboxylic acid groups (broad SMARTS) is 1. The van der Waals surface area contributed by atoms with Gasteiger partial charge in [-0.3, -0.25) is 4.79 Å². The highest BCUT2D eigenvalue weighted by Crippen LogP contribution is 2.34. The Morgan fingerprint density at radius 3 is 3.15 bits per heavy atom. The van der Waals surface area contributed by atoms with Gasteiger partial charge in [0.25, 0.3) is 0 Å². The van der Waals surface area contributed by atoms with Gasteiger partial charge in [0.1, 0.15) is 12.1 Å². The summed E-state index contributed by atoms with van der Waals surface area (Å²) in [5.41, 5.74) is 2.14. The van der Waals surface area contributed by atoms with E-state index in [0.717, 1.165) is 47.4 Å². The number of aryl methyl sites for hydroxylation is 1. The van der Waals surface area contributed by atoms with Crippen molar-refractivity contribution in [2.45, 2.75) is 38.6 Å². The Morgan fingerprint density at radius 2 is 2.35 bits per heavy atom. The van der Waals surface area contributed by atoms with Crippen LogP contribution < -0.4 is 4.90 Å². The van der Waals surface area contributed by atoms with Gasteiger partial charge >= 0.3 is 5.97 Å². The number of rotatable bonds is 3. The van der Waals surface area contributed by atoms with Gasteiger partial charge in [0.05, 0.1) is 16.6 Å². The molecule has 0 spiro atoms. The minimum absolute atomic E-state index is 0.0433. The van der Waals surface area contributed by atoms with Crippen LogP contribution in [0.25, 0.3) is 10.2 Å². The zero-order valence-corrected chi connectivity index (χ0v) is 12.2. The third-order valence-corrected chi connectivity index (χ3v) is 4.90. The zero-order chi connectivity index (χ0) is 14.1. The molecule has 1 saturated heterocycles. The average Bonchev–Trinajstić information content (AvgIpc) is 2.81. The Morgan fingerprint density at radius 1 is 1.50 bits per heavy atom. The van der Waals surface area contributed by atoms with E-state index in [1.807, 2.05) is 6.92 Å². The van der Waals surface area contributed by atoms with Gasteiger partial charge in [0.15, 0.2) is 0 Å². The quantitative estimate of drug-likeness (QED) is 0.942. The van der Waals surface area contributed by atoms with Crippen LogP contribution >= 0.6 is 11.3 Å². The Bertz CT molecular complexity index is 640. The lowest BCUT2D eigenvalue weighted by atomic mass is 9.99. The van der Waals surface area contributed by atoms with Crippen LogP contribution in [0.5, 0.6) is 0 Å². The number of aliphatic carboxylic acids is 1. The lowest BCUT2D eigenvalue weighted by Gasteiger charge is -2.36. The molecular formula is C14H17N3O2S. The molecule has 1 unspecified atom stereocenters. The summed E-state index contributed by atoms with van der Waals surface area (Å²) in [6.07, 6.45) is 4.86. The number of anilines is 1. The highest BCUT2D eigenvalue weighted by atomic mass is 32.1. The Balaban J connectivity index is 2.01. The molecule has 1 N–H and O–H groups in total. The molecule has 0 aromatic carbocycles. The number of nitrogens with zero attached hydrogens (tertiary/aromatic N) is 3. The molecule has 1 fully saturated rings. The van der Waals surface area contributed by atoms with Crippen LogP contribution in [0, 0.1) is 6.92 Å². The van der Waals surface area contributed by atoms with Crippen molar-refractivity contribution in [3.63, 3.8) is 0 Å². The number of fused-ring (bicyclic) bond motifs is 1. The molecule has 20 heavy (non-hydrogen) atoms. The van der Waals surface area contributed by atoms with Crippen LogP contribution in [0.1, 0.15) is 31.2 Å². The molecule has 3 heterocycles. The van der Waals surface area contributed by atoms with E-state index in [1.165, 1.54) is 0 Å². The van der Waals surface area contributed by atoms with E-state index in [-0.39, 0.29) is 12.5 Å². The zero-order valence-electron chi connectivity index (χ0n) is 11.4. The van der Waals surface area contributed by atoms with Crippen molar-refractivity contribution in [2.24, 2.45) is 0 Å². The van der Waals surface area contributed by atoms with E-state index in [0.29, 0.717) is 0 Å². The van der Waals surface area contributed by atoms with Crippen LogP contribution in [0.3, 0.4) is 0 Å². The molecule has 5 nitrogen and oxygen atoms in total. The second kappa shape index (κ2) is 5.36. The van der Waals surface area contributed by atoms with Gasteiger partial charge in [-0.05, 0) is 37.1 Å². The van der Waals surface area contributed by atoms with Crippen LogP contribution in [-0.2, 0) is 4.79 Å². The van der Waals surface area contributed by atoms with E-state index >= 15 is 0 Å². The van der Waals surface area contributed by atoms with Gasteiger partial charge in [-0.15, -0.1) is 11.3 Å².